The van der Waals surface area contributed by atoms with Crippen LogP contribution in [0.1, 0.15) is 26.2 Å². The molecule has 0 radical (unpaired) electrons. The fourth-order valence-electron chi connectivity index (χ4n) is 3.22. The number of nitrogens with zero attached hydrogens (tertiary/aromatic N) is 1. The molecule has 2 bridgehead atoms. The Balaban J connectivity index is 1.83. The molecule has 3 heterocycles. The zero-order valence-electron chi connectivity index (χ0n) is 9.39. The lowest BCUT2D eigenvalue weighted by atomic mass is 9.88. The summed E-state index contributed by atoms with van der Waals surface area (Å²) in [6.45, 7) is 2.77. The molecule has 3 aliphatic heterocycles. The van der Waals surface area contributed by atoms with Crippen molar-refractivity contribution >= 4 is 6.09 Å². The van der Waals surface area contributed by atoms with E-state index in [-0.39, 0.29) is 18.2 Å². The van der Waals surface area contributed by atoms with Crippen molar-refractivity contribution in [1.29, 1.82) is 0 Å². The molecule has 3 fully saturated rings. The molecule has 90 valence electrons. The van der Waals surface area contributed by atoms with Crippen molar-refractivity contribution in [2.45, 2.75) is 50.0 Å². The summed E-state index contributed by atoms with van der Waals surface area (Å²) < 4.78 is 10.5. The van der Waals surface area contributed by atoms with Crippen LogP contribution in [-0.2, 0) is 9.47 Å². The number of aliphatic hydroxyl groups is 1. The van der Waals surface area contributed by atoms with Crippen molar-refractivity contribution in [2.24, 2.45) is 0 Å². The molecule has 1 spiro atoms. The third kappa shape index (κ3) is 1.21. The van der Waals surface area contributed by atoms with E-state index in [2.05, 4.69) is 0 Å². The van der Waals surface area contributed by atoms with Crippen molar-refractivity contribution in [1.82, 2.24) is 4.90 Å². The molecule has 0 aromatic heterocycles. The van der Waals surface area contributed by atoms with Crippen LogP contribution in [0, 0.1) is 0 Å². The zero-order chi connectivity index (χ0) is 11.3. The van der Waals surface area contributed by atoms with E-state index in [1.807, 2.05) is 6.92 Å². The highest BCUT2D eigenvalue weighted by atomic mass is 16.6. The molecule has 1 N–H and O–H groups in total. The van der Waals surface area contributed by atoms with Crippen molar-refractivity contribution < 1.29 is 19.4 Å². The minimum Gasteiger partial charge on any atom is -0.450 e. The van der Waals surface area contributed by atoms with Gasteiger partial charge in [-0.15, -0.1) is 0 Å². The van der Waals surface area contributed by atoms with E-state index < -0.39 is 11.7 Å². The molecule has 5 nitrogen and oxygen atoms in total. The number of piperidine rings is 1. The lowest BCUT2D eigenvalue weighted by molar-refractivity contribution is -0.0348. The number of hydrogen-bond donors (Lipinski definition) is 1. The maximum absolute atomic E-state index is 11.8. The predicted octanol–water partition coefficient (Wildman–Crippen LogP) is 0.509. The largest absolute Gasteiger partial charge is 0.450 e. The Morgan fingerprint density at radius 3 is 3.00 bits per heavy atom. The van der Waals surface area contributed by atoms with Crippen LogP contribution in [0.5, 0.6) is 0 Å². The smallest absolute Gasteiger partial charge is 0.410 e. The Morgan fingerprint density at radius 1 is 1.62 bits per heavy atom. The Morgan fingerprint density at radius 2 is 2.38 bits per heavy atom. The van der Waals surface area contributed by atoms with Crippen LogP contribution in [-0.4, -0.2) is 53.1 Å². The van der Waals surface area contributed by atoms with Crippen LogP contribution >= 0.6 is 0 Å². The van der Waals surface area contributed by atoms with Gasteiger partial charge in [0, 0.05) is 6.04 Å². The molecule has 0 unspecified atom stereocenters. The van der Waals surface area contributed by atoms with Crippen molar-refractivity contribution in [2.75, 3.05) is 13.2 Å². The molecular formula is C11H17NO4. The molecule has 1 amide bonds. The van der Waals surface area contributed by atoms with Gasteiger partial charge in [0.1, 0.15) is 5.60 Å². The minimum atomic E-state index is -0.472. The number of fused-ring (bicyclic) bond motifs is 3. The summed E-state index contributed by atoms with van der Waals surface area (Å²) in [6, 6.07) is 0.147. The molecule has 5 heteroatoms. The van der Waals surface area contributed by atoms with Crippen LogP contribution in [0.4, 0.5) is 4.79 Å². The fourth-order valence-corrected chi connectivity index (χ4v) is 3.22. The third-order valence-electron chi connectivity index (χ3n) is 4.08. The van der Waals surface area contributed by atoms with Gasteiger partial charge in [-0.3, -0.25) is 4.90 Å². The van der Waals surface area contributed by atoms with Crippen LogP contribution in [0.3, 0.4) is 0 Å². The Hall–Kier alpha value is -0.810. The van der Waals surface area contributed by atoms with Gasteiger partial charge in [0.2, 0.25) is 0 Å². The minimum absolute atomic E-state index is 0.0142. The van der Waals surface area contributed by atoms with Gasteiger partial charge in [0.25, 0.3) is 0 Å². The highest BCUT2D eigenvalue weighted by molar-refractivity contribution is 5.69. The molecular weight excluding hydrogens is 210 g/mol. The normalized spacial score (nSPS) is 44.9. The third-order valence-corrected chi connectivity index (χ3v) is 4.08. The van der Waals surface area contributed by atoms with Gasteiger partial charge >= 0.3 is 6.09 Å². The second-order valence-corrected chi connectivity index (χ2v) is 4.85. The second kappa shape index (κ2) is 3.34. The van der Waals surface area contributed by atoms with Crippen molar-refractivity contribution in [3.63, 3.8) is 0 Å². The standard InChI is InChI=1S/C11H17NO4/c1-2-15-10(14)12-7-3-4-8(12)11(6-16-11)9(13)5-7/h7-9,13H,2-6H2,1H3/t7-,8+,9-,11+/m0/s1. The fraction of sp³-hybridized carbons (Fsp3) is 0.909. The number of aliphatic hydroxyl groups excluding tert-OH is 1. The maximum atomic E-state index is 11.8. The lowest BCUT2D eigenvalue weighted by Crippen LogP contribution is -2.58. The van der Waals surface area contributed by atoms with E-state index in [0.29, 0.717) is 19.6 Å². The van der Waals surface area contributed by atoms with Crippen LogP contribution in [0.15, 0.2) is 0 Å². The number of ether oxygens (including phenoxy) is 2. The molecule has 16 heavy (non-hydrogen) atoms. The summed E-state index contributed by atoms with van der Waals surface area (Å²) in [5.74, 6) is 0. The number of hydrogen-bond acceptors (Lipinski definition) is 4. The van der Waals surface area contributed by atoms with Gasteiger partial charge in [0.15, 0.2) is 0 Å². The van der Waals surface area contributed by atoms with Gasteiger partial charge in [-0.25, -0.2) is 4.79 Å². The van der Waals surface area contributed by atoms with E-state index in [9.17, 15) is 9.90 Å². The number of rotatable bonds is 1. The Labute approximate surface area is 94.3 Å². The summed E-state index contributed by atoms with van der Waals surface area (Å²) in [5.41, 5.74) is -0.472. The molecule has 3 saturated heterocycles. The Kier molecular flexibility index (Phi) is 2.16. The quantitative estimate of drug-likeness (QED) is 0.663. The van der Waals surface area contributed by atoms with E-state index in [1.54, 1.807) is 4.90 Å². The van der Waals surface area contributed by atoms with Crippen LogP contribution in [0.2, 0.25) is 0 Å². The van der Waals surface area contributed by atoms with Gasteiger partial charge in [-0.1, -0.05) is 0 Å². The van der Waals surface area contributed by atoms with E-state index in [0.717, 1.165) is 12.8 Å². The maximum Gasteiger partial charge on any atom is 0.410 e. The topological polar surface area (TPSA) is 62.3 Å². The molecule has 0 aliphatic carbocycles. The summed E-state index contributed by atoms with van der Waals surface area (Å²) in [4.78, 5) is 13.6. The number of carbonyl (C=O) groups excluding carboxylic acids is 1. The summed E-state index contributed by atoms with van der Waals surface area (Å²) in [7, 11) is 0. The first-order valence-electron chi connectivity index (χ1n) is 5.96. The first-order valence-corrected chi connectivity index (χ1v) is 5.96. The monoisotopic (exact) mass is 227 g/mol. The van der Waals surface area contributed by atoms with Crippen LogP contribution in [0.25, 0.3) is 0 Å². The van der Waals surface area contributed by atoms with E-state index >= 15 is 0 Å². The molecule has 0 aromatic rings. The Bertz CT molecular complexity index is 315. The van der Waals surface area contributed by atoms with Gasteiger partial charge in [-0.05, 0) is 26.2 Å². The molecule has 0 saturated carbocycles. The van der Waals surface area contributed by atoms with Crippen molar-refractivity contribution in [3.05, 3.63) is 0 Å². The van der Waals surface area contributed by atoms with Crippen LogP contribution < -0.4 is 0 Å². The summed E-state index contributed by atoms with van der Waals surface area (Å²) in [5, 5.41) is 10.0. The predicted molar refractivity (Wildman–Crippen MR) is 55.0 cm³/mol. The zero-order valence-corrected chi connectivity index (χ0v) is 9.39. The summed E-state index contributed by atoms with van der Waals surface area (Å²) >= 11 is 0. The summed E-state index contributed by atoms with van der Waals surface area (Å²) in [6.07, 6.45) is 1.81. The highest BCUT2D eigenvalue weighted by Crippen LogP contribution is 2.50. The van der Waals surface area contributed by atoms with Gasteiger partial charge in [-0.2, -0.15) is 0 Å². The molecule has 3 aliphatic rings. The second-order valence-electron chi connectivity index (χ2n) is 4.85. The van der Waals surface area contributed by atoms with Gasteiger partial charge < -0.3 is 14.6 Å². The average molecular weight is 227 g/mol. The first kappa shape index (κ1) is 10.4. The molecule has 0 aromatic carbocycles. The number of amides is 1. The molecule has 3 rings (SSSR count). The van der Waals surface area contributed by atoms with Crippen molar-refractivity contribution in [3.8, 4) is 0 Å². The highest BCUT2D eigenvalue weighted by Gasteiger charge is 2.66. The number of epoxide rings is 1. The lowest BCUT2D eigenvalue weighted by Gasteiger charge is -2.40. The molecule has 4 atom stereocenters. The SMILES string of the molecule is CCOC(=O)N1[C@H]2CC[C@@H]1[C@]1(CO1)[C@@H](O)C2. The first-order chi connectivity index (χ1) is 7.69. The average Bonchev–Trinajstić information content (AvgIpc) is 2.97. The van der Waals surface area contributed by atoms with E-state index in [1.165, 1.54) is 0 Å². The van der Waals surface area contributed by atoms with Gasteiger partial charge in [0.05, 0.1) is 25.4 Å². The number of carbonyl (C=O) groups is 1. The van der Waals surface area contributed by atoms with E-state index in [4.69, 9.17) is 9.47 Å².